The number of aliphatic imine (C=N–C) groups is 2. The Labute approximate surface area is 191 Å². The molecule has 0 amide bonds. The third-order valence-electron chi connectivity index (χ3n) is 5.11. The molecule has 3 rings (SSSR count). The summed E-state index contributed by atoms with van der Waals surface area (Å²) < 4.78 is 0. The molecule has 0 aromatic heterocycles. The van der Waals surface area contributed by atoms with E-state index >= 15 is 0 Å². The number of aryl methyl sites for hydroxylation is 1. The number of hydrogen-bond acceptors (Lipinski definition) is 5. The first kappa shape index (κ1) is 23.1. The van der Waals surface area contributed by atoms with Crippen LogP contribution in [0.1, 0.15) is 38.8 Å². The van der Waals surface area contributed by atoms with Crippen LogP contribution in [-0.2, 0) is 0 Å². The molecule has 0 heterocycles. The molecule has 0 saturated heterocycles. The van der Waals surface area contributed by atoms with Gasteiger partial charge in [0.2, 0.25) is 0 Å². The smallest absolute Gasteiger partial charge is 0.335 e. The Bertz CT molecular complexity index is 1310. The van der Waals surface area contributed by atoms with Crippen LogP contribution in [0.5, 0.6) is 0 Å². The maximum atomic E-state index is 11.9. The van der Waals surface area contributed by atoms with Gasteiger partial charge in [-0.05, 0) is 62.7 Å². The normalized spacial score (nSPS) is 10.7. The lowest BCUT2D eigenvalue weighted by atomic mass is 9.95. The predicted molar refractivity (Wildman–Crippen MR) is 133 cm³/mol. The van der Waals surface area contributed by atoms with Gasteiger partial charge in [-0.2, -0.15) is 0 Å². The third kappa shape index (κ3) is 4.72. The summed E-state index contributed by atoms with van der Waals surface area (Å²) in [7, 11) is 0. The van der Waals surface area contributed by atoms with Gasteiger partial charge in [-0.25, -0.2) is 9.59 Å². The van der Waals surface area contributed by atoms with Gasteiger partial charge in [-0.15, -0.1) is 0 Å². The molecule has 3 N–H and O–H groups in total. The van der Waals surface area contributed by atoms with Crippen LogP contribution in [0.4, 0.5) is 22.7 Å². The summed E-state index contributed by atoms with van der Waals surface area (Å²) in [4.78, 5) is 31.8. The third-order valence-corrected chi connectivity index (χ3v) is 5.11. The van der Waals surface area contributed by atoms with Crippen LogP contribution in [0.3, 0.4) is 0 Å². The highest BCUT2D eigenvalue weighted by molar-refractivity contribution is 5.99. The molecule has 7 nitrogen and oxygen atoms in total. The Balaban J connectivity index is 2.31. The van der Waals surface area contributed by atoms with Gasteiger partial charge in [0, 0.05) is 11.1 Å². The number of anilines is 2. The van der Waals surface area contributed by atoms with Crippen LogP contribution in [0.25, 0.3) is 17.2 Å². The van der Waals surface area contributed by atoms with Crippen LogP contribution < -0.4 is 5.32 Å². The number of hydrogen-bond donors (Lipinski definition) is 3. The maximum absolute atomic E-state index is 11.9. The number of carboxylic acid groups (broad SMARTS) is 2. The number of carbonyl (C=O) groups is 2. The van der Waals surface area contributed by atoms with Crippen molar-refractivity contribution in [2.45, 2.75) is 13.8 Å². The summed E-state index contributed by atoms with van der Waals surface area (Å²) in [5, 5.41) is 22.4. The summed E-state index contributed by atoms with van der Waals surface area (Å²) in [5.41, 5.74) is 4.51. The molecular formula is C26H23N3O4. The SMILES string of the molecule is C=Nc1c(/C=C\C)cc(C(=O)O)cc1Nc1cc(C(=O)O)cc(-c2ccccc2C)c1N=C. The molecule has 7 heteroatoms. The number of aromatic carboxylic acids is 2. The fourth-order valence-corrected chi connectivity index (χ4v) is 3.61. The highest BCUT2D eigenvalue weighted by Gasteiger charge is 2.19. The number of allylic oxidation sites excluding steroid dienone is 1. The molecule has 3 aromatic rings. The number of carboxylic acids is 2. The lowest BCUT2D eigenvalue weighted by Crippen LogP contribution is -2.03. The van der Waals surface area contributed by atoms with Crippen LogP contribution in [0.15, 0.2) is 64.6 Å². The van der Waals surface area contributed by atoms with Crippen molar-refractivity contribution in [2.75, 3.05) is 5.32 Å². The molecule has 0 atom stereocenters. The van der Waals surface area contributed by atoms with E-state index in [0.717, 1.165) is 11.1 Å². The topological polar surface area (TPSA) is 111 Å². The van der Waals surface area contributed by atoms with E-state index in [1.54, 1.807) is 25.1 Å². The van der Waals surface area contributed by atoms with Gasteiger partial charge in [0.1, 0.15) is 0 Å². The molecule has 0 unspecified atom stereocenters. The zero-order valence-electron chi connectivity index (χ0n) is 18.3. The zero-order valence-corrected chi connectivity index (χ0v) is 18.3. The van der Waals surface area contributed by atoms with Crippen molar-refractivity contribution in [3.05, 3.63) is 76.9 Å². The van der Waals surface area contributed by atoms with E-state index in [2.05, 4.69) is 28.7 Å². The van der Waals surface area contributed by atoms with E-state index in [1.807, 2.05) is 31.2 Å². The Hall–Kier alpha value is -4.52. The first-order valence-corrected chi connectivity index (χ1v) is 10.0. The van der Waals surface area contributed by atoms with E-state index in [4.69, 9.17) is 0 Å². The summed E-state index contributed by atoms with van der Waals surface area (Å²) >= 11 is 0. The second-order valence-corrected chi connectivity index (χ2v) is 7.25. The van der Waals surface area contributed by atoms with Crippen molar-refractivity contribution in [1.29, 1.82) is 0 Å². The van der Waals surface area contributed by atoms with E-state index in [0.29, 0.717) is 33.9 Å². The van der Waals surface area contributed by atoms with Gasteiger partial charge in [0.05, 0.1) is 33.9 Å². The first-order valence-electron chi connectivity index (χ1n) is 10.0. The molecule has 0 fully saturated rings. The summed E-state index contributed by atoms with van der Waals surface area (Å²) in [5.74, 6) is -2.22. The van der Waals surface area contributed by atoms with Crippen molar-refractivity contribution in [1.82, 2.24) is 0 Å². The maximum Gasteiger partial charge on any atom is 0.335 e. The average Bonchev–Trinajstić information content (AvgIpc) is 2.78. The van der Waals surface area contributed by atoms with Crippen molar-refractivity contribution < 1.29 is 19.8 Å². The van der Waals surface area contributed by atoms with Crippen molar-refractivity contribution in [3.8, 4) is 11.1 Å². The Morgan fingerprint density at radius 3 is 2.00 bits per heavy atom. The van der Waals surface area contributed by atoms with Gasteiger partial charge in [0.25, 0.3) is 0 Å². The minimum absolute atomic E-state index is 0.0410. The van der Waals surface area contributed by atoms with Crippen molar-refractivity contribution >= 4 is 54.2 Å². The Morgan fingerprint density at radius 1 is 0.879 bits per heavy atom. The largest absolute Gasteiger partial charge is 0.478 e. The van der Waals surface area contributed by atoms with Gasteiger partial charge in [-0.1, -0.05) is 36.4 Å². The fraction of sp³-hybridized carbons (Fsp3) is 0.0769. The number of nitrogens with zero attached hydrogens (tertiary/aromatic N) is 2. The predicted octanol–water partition coefficient (Wildman–Crippen LogP) is 6.50. The van der Waals surface area contributed by atoms with Crippen LogP contribution in [0.2, 0.25) is 0 Å². The molecule has 0 bridgehead atoms. The van der Waals surface area contributed by atoms with Crippen molar-refractivity contribution in [2.24, 2.45) is 9.98 Å². The van der Waals surface area contributed by atoms with Crippen LogP contribution in [0, 0.1) is 6.92 Å². The molecule has 0 aliphatic heterocycles. The molecular weight excluding hydrogens is 418 g/mol. The fourth-order valence-electron chi connectivity index (χ4n) is 3.61. The Kier molecular flexibility index (Phi) is 6.83. The molecule has 166 valence electrons. The van der Waals surface area contributed by atoms with E-state index < -0.39 is 11.9 Å². The van der Waals surface area contributed by atoms with Gasteiger partial charge >= 0.3 is 11.9 Å². The van der Waals surface area contributed by atoms with Crippen LogP contribution >= 0.6 is 0 Å². The molecule has 0 saturated carbocycles. The number of rotatable bonds is 8. The van der Waals surface area contributed by atoms with E-state index in [1.165, 1.54) is 18.2 Å². The zero-order chi connectivity index (χ0) is 24.1. The highest BCUT2D eigenvalue weighted by atomic mass is 16.4. The highest BCUT2D eigenvalue weighted by Crippen LogP contribution is 2.42. The minimum atomic E-state index is -1.11. The van der Waals surface area contributed by atoms with Crippen molar-refractivity contribution in [3.63, 3.8) is 0 Å². The second-order valence-electron chi connectivity index (χ2n) is 7.25. The van der Waals surface area contributed by atoms with Gasteiger partial charge in [-0.3, -0.25) is 9.98 Å². The molecule has 0 radical (unpaired) electrons. The van der Waals surface area contributed by atoms with Gasteiger partial charge < -0.3 is 15.5 Å². The quantitative estimate of drug-likeness (QED) is 0.346. The standard InChI is InChI=1S/C26H23N3O4/c1-5-8-16-11-17(25(30)31)13-21(23(16)27-3)29-22-14-18(26(32)33)12-20(24(22)28-4)19-10-7-6-9-15(19)2/h5-14,29H,3-4H2,1-2H3,(H,30,31)(H,32,33)/b8-5-. The molecule has 33 heavy (non-hydrogen) atoms. The molecule has 0 aliphatic rings. The van der Waals surface area contributed by atoms with Crippen LogP contribution in [-0.4, -0.2) is 35.6 Å². The average molecular weight is 441 g/mol. The van der Waals surface area contributed by atoms with E-state index in [-0.39, 0.29) is 11.1 Å². The summed E-state index contributed by atoms with van der Waals surface area (Å²) in [6.07, 6.45) is 3.48. The monoisotopic (exact) mass is 441 g/mol. The summed E-state index contributed by atoms with van der Waals surface area (Å²) in [6, 6.07) is 13.4. The number of nitrogens with one attached hydrogen (secondary N) is 1. The second kappa shape index (κ2) is 9.74. The minimum Gasteiger partial charge on any atom is -0.478 e. The molecule has 0 aliphatic carbocycles. The Morgan fingerprint density at radius 2 is 1.45 bits per heavy atom. The molecule has 3 aromatic carbocycles. The lowest BCUT2D eigenvalue weighted by Gasteiger charge is -2.18. The number of benzene rings is 3. The first-order chi connectivity index (χ1) is 15.8. The van der Waals surface area contributed by atoms with Gasteiger partial charge in [0.15, 0.2) is 0 Å². The molecule has 0 spiro atoms. The van der Waals surface area contributed by atoms with E-state index in [9.17, 15) is 19.8 Å². The lowest BCUT2D eigenvalue weighted by molar-refractivity contribution is 0.0686. The summed E-state index contributed by atoms with van der Waals surface area (Å²) in [6.45, 7) is 11.0.